The molecule has 2 aliphatic rings. The first-order chi connectivity index (χ1) is 19.9. The SMILES string of the molecule is COc1cc2c(cc1CNC1CCCN(C(=O)OC(C)(C)C)C1c1ccccc1)C(c1ccccc1)(C(F)(F)F)OC2. The van der Waals surface area contributed by atoms with Crippen molar-refractivity contribution in [2.75, 3.05) is 13.7 Å². The zero-order valence-corrected chi connectivity index (χ0v) is 24.3. The van der Waals surface area contributed by atoms with Crippen LogP contribution in [0.3, 0.4) is 0 Å². The number of fused-ring (bicyclic) bond motifs is 1. The molecule has 3 aromatic rings. The molecule has 0 saturated carbocycles. The van der Waals surface area contributed by atoms with Crippen molar-refractivity contribution < 1.29 is 32.2 Å². The molecule has 224 valence electrons. The number of benzene rings is 3. The highest BCUT2D eigenvalue weighted by Crippen LogP contribution is 2.53. The molecule has 9 heteroatoms. The Labute approximate surface area is 244 Å². The molecular weight excluding hydrogens is 545 g/mol. The average Bonchev–Trinajstić information content (AvgIpc) is 3.35. The van der Waals surface area contributed by atoms with Crippen LogP contribution in [0.15, 0.2) is 72.8 Å². The second-order valence-electron chi connectivity index (χ2n) is 11.8. The average molecular weight is 583 g/mol. The summed E-state index contributed by atoms with van der Waals surface area (Å²) in [4.78, 5) is 15.0. The van der Waals surface area contributed by atoms with Gasteiger partial charge in [0.1, 0.15) is 11.4 Å². The Balaban J connectivity index is 1.49. The van der Waals surface area contributed by atoms with Crippen LogP contribution in [0.4, 0.5) is 18.0 Å². The van der Waals surface area contributed by atoms with Gasteiger partial charge >= 0.3 is 12.3 Å². The van der Waals surface area contributed by atoms with Gasteiger partial charge in [0.2, 0.25) is 5.60 Å². The molecule has 42 heavy (non-hydrogen) atoms. The van der Waals surface area contributed by atoms with E-state index in [4.69, 9.17) is 14.2 Å². The number of carbonyl (C=O) groups is 1. The molecule has 1 saturated heterocycles. The number of halogens is 3. The Morgan fingerprint density at radius 2 is 1.71 bits per heavy atom. The Morgan fingerprint density at radius 3 is 2.33 bits per heavy atom. The van der Waals surface area contributed by atoms with Crippen molar-refractivity contribution in [3.05, 3.63) is 101 Å². The second kappa shape index (κ2) is 11.6. The number of methoxy groups -OCH3 is 1. The van der Waals surface area contributed by atoms with Gasteiger partial charge in [-0.1, -0.05) is 60.7 Å². The molecule has 0 aromatic heterocycles. The normalized spacial score (nSPS) is 22.5. The summed E-state index contributed by atoms with van der Waals surface area (Å²) in [5.41, 5.74) is -1.16. The number of nitrogens with zero attached hydrogens (tertiary/aromatic N) is 1. The van der Waals surface area contributed by atoms with Crippen molar-refractivity contribution in [3.8, 4) is 5.75 Å². The molecule has 0 radical (unpaired) electrons. The molecule has 1 fully saturated rings. The number of hydrogen-bond acceptors (Lipinski definition) is 5. The molecule has 1 N–H and O–H groups in total. The summed E-state index contributed by atoms with van der Waals surface area (Å²) in [6.45, 7) is 6.09. The van der Waals surface area contributed by atoms with Crippen LogP contribution in [0.1, 0.15) is 67.5 Å². The summed E-state index contributed by atoms with van der Waals surface area (Å²) in [5, 5.41) is 3.55. The van der Waals surface area contributed by atoms with Gasteiger partial charge in [0.25, 0.3) is 0 Å². The lowest BCUT2D eigenvalue weighted by atomic mass is 9.83. The van der Waals surface area contributed by atoms with E-state index >= 15 is 0 Å². The molecule has 5 rings (SSSR count). The van der Waals surface area contributed by atoms with E-state index < -0.39 is 23.5 Å². The van der Waals surface area contributed by atoms with Crippen LogP contribution in [0, 0.1) is 0 Å². The predicted molar refractivity (Wildman–Crippen MR) is 153 cm³/mol. The maximum atomic E-state index is 14.8. The van der Waals surface area contributed by atoms with Crippen molar-refractivity contribution in [2.24, 2.45) is 0 Å². The first-order valence-corrected chi connectivity index (χ1v) is 14.2. The van der Waals surface area contributed by atoms with Crippen molar-refractivity contribution >= 4 is 6.09 Å². The van der Waals surface area contributed by atoms with E-state index in [1.54, 1.807) is 35.2 Å². The van der Waals surface area contributed by atoms with E-state index in [0.29, 0.717) is 23.4 Å². The topological polar surface area (TPSA) is 60.0 Å². The molecule has 2 aliphatic heterocycles. The van der Waals surface area contributed by atoms with Gasteiger partial charge in [-0.2, -0.15) is 13.2 Å². The van der Waals surface area contributed by atoms with Gasteiger partial charge in [-0.25, -0.2) is 4.79 Å². The van der Waals surface area contributed by atoms with Crippen LogP contribution in [0.5, 0.6) is 5.75 Å². The number of nitrogens with one attached hydrogen (secondary N) is 1. The fraction of sp³-hybridized carbons (Fsp3) is 0.424. The molecule has 0 aliphatic carbocycles. The van der Waals surface area contributed by atoms with Crippen LogP contribution in [0.2, 0.25) is 0 Å². The van der Waals surface area contributed by atoms with Crippen LogP contribution in [0.25, 0.3) is 0 Å². The highest BCUT2D eigenvalue weighted by Gasteiger charge is 2.62. The lowest BCUT2D eigenvalue weighted by Gasteiger charge is -2.42. The van der Waals surface area contributed by atoms with E-state index in [9.17, 15) is 18.0 Å². The van der Waals surface area contributed by atoms with Crippen LogP contribution >= 0.6 is 0 Å². The predicted octanol–water partition coefficient (Wildman–Crippen LogP) is 7.26. The summed E-state index contributed by atoms with van der Waals surface area (Å²) < 4.78 is 61.5. The molecule has 2 heterocycles. The minimum atomic E-state index is -4.69. The van der Waals surface area contributed by atoms with Crippen LogP contribution in [-0.2, 0) is 28.2 Å². The minimum absolute atomic E-state index is 0.0322. The number of carbonyl (C=O) groups excluding carboxylic acids is 1. The second-order valence-corrected chi connectivity index (χ2v) is 11.8. The fourth-order valence-electron chi connectivity index (χ4n) is 6.05. The lowest BCUT2D eigenvalue weighted by molar-refractivity contribution is -0.262. The number of rotatable bonds is 6. The summed E-state index contributed by atoms with van der Waals surface area (Å²) in [7, 11) is 1.51. The standard InChI is InChI=1S/C33H37F3N2O4/c1-31(2,3)42-30(39)38-17-11-16-27(29(38)22-12-7-5-8-13-22)37-20-23-18-26-24(19-28(23)40-4)21-41-32(26,33(34,35)36)25-14-9-6-10-15-25/h5-10,12-15,18-19,27,29,37H,11,16-17,20-21H2,1-4H3. The first-order valence-electron chi connectivity index (χ1n) is 14.2. The maximum Gasteiger partial charge on any atom is 0.426 e. The quantitative estimate of drug-likeness (QED) is 0.332. The van der Waals surface area contributed by atoms with Gasteiger partial charge in [0.15, 0.2) is 0 Å². The van der Waals surface area contributed by atoms with Crippen molar-refractivity contribution in [2.45, 2.75) is 76.2 Å². The third-order valence-electron chi connectivity index (χ3n) is 7.86. The molecular formula is C33H37F3N2O4. The summed E-state index contributed by atoms with van der Waals surface area (Å²) in [6, 6.07) is 20.2. The molecule has 0 bridgehead atoms. The van der Waals surface area contributed by atoms with E-state index in [1.807, 2.05) is 51.1 Å². The number of hydrogen-bond donors (Lipinski definition) is 1. The van der Waals surface area contributed by atoms with Gasteiger partial charge < -0.3 is 19.5 Å². The number of alkyl halides is 3. The van der Waals surface area contributed by atoms with Gasteiger partial charge in [-0.3, -0.25) is 4.90 Å². The van der Waals surface area contributed by atoms with Crippen molar-refractivity contribution in [1.82, 2.24) is 10.2 Å². The maximum absolute atomic E-state index is 14.8. The summed E-state index contributed by atoms with van der Waals surface area (Å²) >= 11 is 0. The zero-order valence-electron chi connectivity index (χ0n) is 24.3. The Hall–Kier alpha value is -3.56. The molecule has 3 aromatic carbocycles. The highest BCUT2D eigenvalue weighted by atomic mass is 19.4. The smallest absolute Gasteiger partial charge is 0.426 e. The molecule has 1 amide bonds. The molecule has 3 unspecified atom stereocenters. The minimum Gasteiger partial charge on any atom is -0.496 e. The number of amides is 1. The third kappa shape index (κ3) is 5.72. The third-order valence-corrected chi connectivity index (χ3v) is 7.86. The highest BCUT2D eigenvalue weighted by molar-refractivity contribution is 5.69. The van der Waals surface area contributed by atoms with Gasteiger partial charge in [-0.05, 0) is 62.4 Å². The molecule has 3 atom stereocenters. The molecule has 0 spiro atoms. The Kier molecular flexibility index (Phi) is 8.27. The fourth-order valence-corrected chi connectivity index (χ4v) is 6.05. The Bertz CT molecular complexity index is 1390. The van der Waals surface area contributed by atoms with Gasteiger partial charge in [0, 0.05) is 30.3 Å². The molecule has 6 nitrogen and oxygen atoms in total. The van der Waals surface area contributed by atoms with Crippen molar-refractivity contribution in [3.63, 3.8) is 0 Å². The zero-order chi connectivity index (χ0) is 30.1. The van der Waals surface area contributed by atoms with E-state index in [-0.39, 0.29) is 36.4 Å². The number of ether oxygens (including phenoxy) is 3. The van der Waals surface area contributed by atoms with E-state index in [0.717, 1.165) is 18.4 Å². The largest absolute Gasteiger partial charge is 0.496 e. The number of piperidine rings is 1. The Morgan fingerprint density at radius 1 is 1.05 bits per heavy atom. The van der Waals surface area contributed by atoms with Crippen LogP contribution < -0.4 is 10.1 Å². The van der Waals surface area contributed by atoms with E-state index in [2.05, 4.69) is 5.32 Å². The van der Waals surface area contributed by atoms with Crippen LogP contribution in [-0.4, -0.2) is 42.5 Å². The summed E-state index contributed by atoms with van der Waals surface area (Å²) in [5.74, 6) is 0.479. The van der Waals surface area contributed by atoms with E-state index in [1.165, 1.54) is 19.2 Å². The number of likely N-dealkylation sites (tertiary alicyclic amines) is 1. The van der Waals surface area contributed by atoms with Gasteiger partial charge in [-0.15, -0.1) is 0 Å². The van der Waals surface area contributed by atoms with Gasteiger partial charge in [0.05, 0.1) is 19.8 Å². The van der Waals surface area contributed by atoms with Crippen molar-refractivity contribution in [1.29, 1.82) is 0 Å². The lowest BCUT2D eigenvalue weighted by Crippen LogP contribution is -2.51. The monoisotopic (exact) mass is 582 g/mol. The summed E-state index contributed by atoms with van der Waals surface area (Å²) in [6.07, 6.45) is -3.56. The first kappa shape index (κ1) is 29.9.